The molecular weight excluding hydrogens is 252 g/mol. The largest absolute Gasteiger partial charge is 0.496 e. The van der Waals surface area contributed by atoms with E-state index in [9.17, 15) is 4.79 Å². The highest BCUT2D eigenvalue weighted by atomic mass is 35.5. The van der Waals surface area contributed by atoms with Crippen molar-refractivity contribution in [1.29, 1.82) is 0 Å². The maximum Gasteiger partial charge on any atom is 0.236 e. The SMILES string of the molecule is COc1ccccc1C1CCCN1C(=O)CN.Cl. The minimum absolute atomic E-state index is 0. The quantitative estimate of drug-likeness (QED) is 0.910. The Bertz CT molecular complexity index is 412. The number of hydrogen-bond donors (Lipinski definition) is 1. The van der Waals surface area contributed by atoms with Crippen molar-refractivity contribution in [1.82, 2.24) is 4.90 Å². The van der Waals surface area contributed by atoms with Crippen molar-refractivity contribution in [3.8, 4) is 5.75 Å². The second-order valence-electron chi connectivity index (χ2n) is 4.19. The van der Waals surface area contributed by atoms with Gasteiger partial charge in [0.15, 0.2) is 0 Å². The average molecular weight is 271 g/mol. The van der Waals surface area contributed by atoms with Gasteiger partial charge in [0.25, 0.3) is 0 Å². The molecule has 0 saturated carbocycles. The molecule has 1 unspecified atom stereocenters. The van der Waals surface area contributed by atoms with Crippen LogP contribution in [0, 0.1) is 0 Å². The van der Waals surface area contributed by atoms with Gasteiger partial charge in [0, 0.05) is 12.1 Å². The molecule has 1 saturated heterocycles. The van der Waals surface area contributed by atoms with Gasteiger partial charge in [-0.25, -0.2) is 0 Å². The van der Waals surface area contributed by atoms with E-state index >= 15 is 0 Å². The Hall–Kier alpha value is -1.26. The van der Waals surface area contributed by atoms with E-state index < -0.39 is 0 Å². The Kier molecular flexibility index (Phi) is 5.44. The molecule has 0 bridgehead atoms. The van der Waals surface area contributed by atoms with Gasteiger partial charge in [-0.15, -0.1) is 12.4 Å². The Morgan fingerprint density at radius 2 is 2.22 bits per heavy atom. The van der Waals surface area contributed by atoms with E-state index in [2.05, 4.69) is 0 Å². The minimum Gasteiger partial charge on any atom is -0.496 e. The summed E-state index contributed by atoms with van der Waals surface area (Å²) in [5.74, 6) is 0.854. The van der Waals surface area contributed by atoms with E-state index in [0.29, 0.717) is 0 Å². The molecule has 0 aliphatic carbocycles. The van der Waals surface area contributed by atoms with Crippen LogP contribution in [0.4, 0.5) is 0 Å². The van der Waals surface area contributed by atoms with Gasteiger partial charge in [-0.2, -0.15) is 0 Å². The topological polar surface area (TPSA) is 55.6 Å². The third kappa shape index (κ3) is 2.76. The summed E-state index contributed by atoms with van der Waals surface area (Å²) >= 11 is 0. The number of benzene rings is 1. The van der Waals surface area contributed by atoms with E-state index in [1.54, 1.807) is 7.11 Å². The fourth-order valence-corrected chi connectivity index (χ4v) is 2.45. The molecule has 1 fully saturated rings. The fourth-order valence-electron chi connectivity index (χ4n) is 2.45. The first-order chi connectivity index (χ1) is 8.27. The van der Waals surface area contributed by atoms with Crippen LogP contribution in [0.25, 0.3) is 0 Å². The number of ether oxygens (including phenoxy) is 1. The Balaban J connectivity index is 0.00000162. The molecule has 2 N–H and O–H groups in total. The molecule has 2 rings (SSSR count). The van der Waals surface area contributed by atoms with Gasteiger partial charge >= 0.3 is 0 Å². The van der Waals surface area contributed by atoms with Crippen LogP contribution < -0.4 is 10.5 Å². The van der Waals surface area contributed by atoms with Gasteiger partial charge in [-0.3, -0.25) is 4.79 Å². The standard InChI is InChI=1S/C13H18N2O2.ClH/c1-17-12-7-3-2-5-10(12)11-6-4-8-15(11)13(16)9-14;/h2-3,5,7,11H,4,6,8-9,14H2,1H3;1H. The molecule has 0 spiro atoms. The van der Waals surface area contributed by atoms with Crippen LogP contribution in [-0.2, 0) is 4.79 Å². The van der Waals surface area contributed by atoms with Crippen molar-refractivity contribution in [2.75, 3.05) is 20.2 Å². The summed E-state index contributed by atoms with van der Waals surface area (Å²) in [6.07, 6.45) is 2.00. The number of rotatable bonds is 3. The highest BCUT2D eigenvalue weighted by Crippen LogP contribution is 2.36. The number of carbonyl (C=O) groups excluding carboxylic acids is 1. The average Bonchev–Trinajstić information content (AvgIpc) is 2.86. The molecule has 18 heavy (non-hydrogen) atoms. The molecule has 100 valence electrons. The lowest BCUT2D eigenvalue weighted by Crippen LogP contribution is -2.35. The van der Waals surface area contributed by atoms with Crippen LogP contribution in [-0.4, -0.2) is 31.0 Å². The highest BCUT2D eigenvalue weighted by Gasteiger charge is 2.30. The van der Waals surface area contributed by atoms with Crippen LogP contribution in [0.3, 0.4) is 0 Å². The highest BCUT2D eigenvalue weighted by molar-refractivity contribution is 5.85. The Morgan fingerprint density at radius 1 is 1.50 bits per heavy atom. The number of para-hydroxylation sites is 1. The van der Waals surface area contributed by atoms with Gasteiger partial charge in [0.1, 0.15) is 5.75 Å². The summed E-state index contributed by atoms with van der Waals surface area (Å²) in [7, 11) is 1.66. The summed E-state index contributed by atoms with van der Waals surface area (Å²) in [5.41, 5.74) is 6.52. The summed E-state index contributed by atoms with van der Waals surface area (Å²) in [6, 6.07) is 7.97. The molecule has 1 atom stereocenters. The summed E-state index contributed by atoms with van der Waals surface area (Å²) in [6.45, 7) is 0.865. The van der Waals surface area contributed by atoms with Crippen LogP contribution in [0.5, 0.6) is 5.75 Å². The molecule has 1 aliphatic rings. The van der Waals surface area contributed by atoms with Crippen molar-refractivity contribution in [2.24, 2.45) is 5.73 Å². The van der Waals surface area contributed by atoms with Gasteiger partial charge in [-0.05, 0) is 18.9 Å². The summed E-state index contributed by atoms with van der Waals surface area (Å²) in [5, 5.41) is 0. The predicted octanol–water partition coefficient (Wildman–Crippen LogP) is 1.74. The molecule has 1 aromatic rings. The van der Waals surface area contributed by atoms with Crippen LogP contribution >= 0.6 is 12.4 Å². The van der Waals surface area contributed by atoms with Crippen molar-refractivity contribution >= 4 is 18.3 Å². The smallest absolute Gasteiger partial charge is 0.236 e. The molecule has 4 nitrogen and oxygen atoms in total. The van der Waals surface area contributed by atoms with Crippen LogP contribution in [0.15, 0.2) is 24.3 Å². The van der Waals surface area contributed by atoms with Crippen LogP contribution in [0.1, 0.15) is 24.4 Å². The number of nitrogens with zero attached hydrogens (tertiary/aromatic N) is 1. The summed E-state index contributed by atoms with van der Waals surface area (Å²) < 4.78 is 5.35. The van der Waals surface area contributed by atoms with Gasteiger partial charge < -0.3 is 15.4 Å². The van der Waals surface area contributed by atoms with Gasteiger partial charge in [0.2, 0.25) is 5.91 Å². The number of methoxy groups -OCH3 is 1. The minimum atomic E-state index is 0. The normalized spacial score (nSPS) is 18.3. The third-order valence-electron chi connectivity index (χ3n) is 3.25. The number of likely N-dealkylation sites (tertiary alicyclic amines) is 1. The fraction of sp³-hybridized carbons (Fsp3) is 0.462. The first-order valence-corrected chi connectivity index (χ1v) is 5.90. The van der Waals surface area contributed by atoms with Crippen molar-refractivity contribution < 1.29 is 9.53 Å². The second kappa shape index (κ2) is 6.61. The summed E-state index contributed by atoms with van der Waals surface area (Å²) in [4.78, 5) is 13.6. The predicted molar refractivity (Wildman–Crippen MR) is 73.0 cm³/mol. The van der Waals surface area contributed by atoms with Crippen LogP contribution in [0.2, 0.25) is 0 Å². The number of nitrogens with two attached hydrogens (primary N) is 1. The molecule has 0 aromatic heterocycles. The molecule has 0 radical (unpaired) electrons. The maximum absolute atomic E-state index is 11.8. The number of hydrogen-bond acceptors (Lipinski definition) is 3. The zero-order chi connectivity index (χ0) is 12.3. The van der Waals surface area contributed by atoms with Crippen molar-refractivity contribution in [2.45, 2.75) is 18.9 Å². The molecule has 1 heterocycles. The maximum atomic E-state index is 11.8. The number of halogens is 1. The first-order valence-electron chi connectivity index (χ1n) is 5.90. The lowest BCUT2D eigenvalue weighted by Gasteiger charge is -2.25. The monoisotopic (exact) mass is 270 g/mol. The Morgan fingerprint density at radius 3 is 2.89 bits per heavy atom. The zero-order valence-electron chi connectivity index (χ0n) is 10.5. The lowest BCUT2D eigenvalue weighted by molar-refractivity contribution is -0.130. The van der Waals surface area contributed by atoms with E-state index in [-0.39, 0.29) is 30.9 Å². The first kappa shape index (κ1) is 14.8. The molecule has 1 aromatic carbocycles. The van der Waals surface area contributed by atoms with E-state index in [4.69, 9.17) is 10.5 Å². The molecule has 1 amide bonds. The third-order valence-corrected chi connectivity index (χ3v) is 3.25. The van der Waals surface area contributed by atoms with Crippen molar-refractivity contribution in [3.05, 3.63) is 29.8 Å². The second-order valence-corrected chi connectivity index (χ2v) is 4.19. The number of carbonyl (C=O) groups is 1. The van der Waals surface area contributed by atoms with Gasteiger partial charge in [-0.1, -0.05) is 18.2 Å². The number of amides is 1. The molecule has 5 heteroatoms. The van der Waals surface area contributed by atoms with E-state index in [0.717, 1.165) is 30.7 Å². The van der Waals surface area contributed by atoms with Crippen molar-refractivity contribution in [3.63, 3.8) is 0 Å². The molecular formula is C13H19ClN2O2. The lowest BCUT2D eigenvalue weighted by atomic mass is 10.0. The van der Waals surface area contributed by atoms with E-state index in [1.807, 2.05) is 29.2 Å². The molecule has 1 aliphatic heterocycles. The zero-order valence-corrected chi connectivity index (χ0v) is 11.3. The Labute approximate surface area is 114 Å². The van der Waals surface area contributed by atoms with Gasteiger partial charge in [0.05, 0.1) is 19.7 Å². The van der Waals surface area contributed by atoms with E-state index in [1.165, 1.54) is 0 Å².